The average molecular weight is 436 g/mol. The molecule has 1 aliphatic heterocycles. The molecule has 0 aliphatic carbocycles. The summed E-state index contributed by atoms with van der Waals surface area (Å²) in [5.74, 6) is 5.17. The van der Waals surface area contributed by atoms with Crippen LogP contribution in [0.15, 0.2) is 71.6 Å². The first-order chi connectivity index (χ1) is 14.5. The van der Waals surface area contributed by atoms with Crippen LogP contribution in [0.25, 0.3) is 6.08 Å². The minimum Gasteiger partial charge on any atom is -0.588 e. The molecule has 0 saturated carbocycles. The van der Waals surface area contributed by atoms with E-state index in [0.29, 0.717) is 28.8 Å². The summed E-state index contributed by atoms with van der Waals surface area (Å²) in [7, 11) is 0. The third-order valence-electron chi connectivity index (χ3n) is 4.50. The van der Waals surface area contributed by atoms with Crippen LogP contribution in [0.5, 0.6) is 0 Å². The number of benzene rings is 3. The molecule has 0 saturated heterocycles. The topological polar surface area (TPSA) is 52.2 Å². The van der Waals surface area contributed by atoms with Crippen molar-refractivity contribution in [3.63, 3.8) is 0 Å². The largest absolute Gasteiger partial charge is 0.588 e. The van der Waals surface area contributed by atoms with E-state index in [-0.39, 0.29) is 15.7 Å². The molecule has 1 aliphatic rings. The highest BCUT2D eigenvalue weighted by atomic mass is 35.5. The van der Waals surface area contributed by atoms with Crippen molar-refractivity contribution in [2.45, 2.75) is 6.42 Å². The van der Waals surface area contributed by atoms with Crippen LogP contribution in [0.2, 0.25) is 5.02 Å². The lowest BCUT2D eigenvalue weighted by Crippen LogP contribution is -2.27. The van der Waals surface area contributed by atoms with Crippen LogP contribution in [-0.2, 0) is 17.8 Å². The Hall–Kier alpha value is -3.04. The number of ketones is 1. The Kier molecular flexibility index (Phi) is 5.91. The second-order valence-electron chi connectivity index (χ2n) is 6.61. The van der Waals surface area contributed by atoms with Crippen molar-refractivity contribution in [1.29, 1.82) is 0 Å². The molecule has 1 unspecified atom stereocenters. The van der Waals surface area contributed by atoms with Crippen LogP contribution in [0, 0.1) is 17.7 Å². The van der Waals surface area contributed by atoms with Crippen molar-refractivity contribution in [1.82, 2.24) is 0 Å². The van der Waals surface area contributed by atoms with Gasteiger partial charge >= 0.3 is 0 Å². The molecule has 6 heteroatoms. The molecule has 1 atom stereocenters. The third-order valence-corrected chi connectivity index (χ3v) is 5.91. The number of hydrogen-bond acceptors (Lipinski definition) is 3. The summed E-state index contributed by atoms with van der Waals surface area (Å²) < 4.78 is 29.0. The van der Waals surface area contributed by atoms with Gasteiger partial charge in [0.1, 0.15) is 17.2 Å². The molecule has 0 fully saturated rings. The Morgan fingerprint density at radius 2 is 1.90 bits per heavy atom. The van der Waals surface area contributed by atoms with Gasteiger partial charge in [-0.15, -0.1) is 0 Å². The predicted octanol–water partition coefficient (Wildman–Crippen LogP) is 5.39. The molecule has 0 radical (unpaired) electrons. The lowest BCUT2D eigenvalue weighted by atomic mass is 10.0. The Bertz CT molecular complexity index is 1210. The second kappa shape index (κ2) is 8.76. The van der Waals surface area contributed by atoms with E-state index < -0.39 is 17.2 Å². The van der Waals surface area contributed by atoms with Crippen LogP contribution < -0.4 is 4.72 Å². The van der Waals surface area contributed by atoms with Crippen LogP contribution in [0.3, 0.4) is 0 Å². The predicted molar refractivity (Wildman–Crippen MR) is 119 cm³/mol. The summed E-state index contributed by atoms with van der Waals surface area (Å²) in [5, 5.41) is -0.0181. The fourth-order valence-electron chi connectivity index (χ4n) is 2.99. The van der Waals surface area contributed by atoms with E-state index in [9.17, 15) is 13.7 Å². The van der Waals surface area contributed by atoms with E-state index in [2.05, 4.69) is 16.6 Å². The summed E-state index contributed by atoms with van der Waals surface area (Å²) in [5.41, 5.74) is 3.05. The van der Waals surface area contributed by atoms with Crippen molar-refractivity contribution in [3.8, 4) is 11.8 Å². The fraction of sp³-hybridized carbons (Fsp3) is 0.0417. The maximum atomic E-state index is 13.7. The van der Waals surface area contributed by atoms with E-state index in [0.717, 1.165) is 5.56 Å². The molecule has 148 valence electrons. The highest BCUT2D eigenvalue weighted by Gasteiger charge is 2.33. The van der Waals surface area contributed by atoms with Gasteiger partial charge in [-0.1, -0.05) is 59.8 Å². The summed E-state index contributed by atoms with van der Waals surface area (Å²) in [6, 6.07) is 19.2. The molecule has 3 aromatic rings. The molecule has 0 bridgehead atoms. The molecule has 0 aromatic heterocycles. The van der Waals surface area contributed by atoms with Crippen molar-refractivity contribution in [2.75, 3.05) is 4.72 Å². The zero-order valence-electron chi connectivity index (χ0n) is 15.6. The summed E-state index contributed by atoms with van der Waals surface area (Å²) in [6.45, 7) is 0. The average Bonchev–Trinajstić information content (AvgIpc) is 2.75. The van der Waals surface area contributed by atoms with Gasteiger partial charge in [0.15, 0.2) is 0 Å². The molecule has 3 aromatic carbocycles. The summed E-state index contributed by atoms with van der Waals surface area (Å²) >= 11 is 3.95. The smallest absolute Gasteiger partial charge is 0.245 e. The highest BCUT2D eigenvalue weighted by Crippen LogP contribution is 2.31. The molecule has 4 rings (SSSR count). The van der Waals surface area contributed by atoms with Gasteiger partial charge in [0, 0.05) is 18.1 Å². The number of Topliss-reactive ketones (excluding diaryl/α,β-unsaturated/α-hetero) is 1. The van der Waals surface area contributed by atoms with Crippen LogP contribution in [0.1, 0.15) is 27.0 Å². The normalized spacial score (nSPS) is 16.4. The highest BCUT2D eigenvalue weighted by molar-refractivity contribution is 7.97. The number of carbonyl (C=O) groups is 1. The molecule has 3 nitrogen and oxygen atoms in total. The van der Waals surface area contributed by atoms with E-state index in [1.54, 1.807) is 24.3 Å². The Morgan fingerprint density at radius 3 is 2.67 bits per heavy atom. The standard InChI is InChI=1S/C24H15ClFNO2S/c25-20-11-9-18(14-21(20)26)15-23-24(28)19-13-17(10-12-22(19)27-30(23)29)8-4-7-16-5-2-1-3-6-16/h1-3,5-6,9-15,27H,7H2/b23-15-. The van der Waals surface area contributed by atoms with E-state index in [1.165, 1.54) is 18.2 Å². The quantitative estimate of drug-likeness (QED) is 0.334. The van der Waals surface area contributed by atoms with Gasteiger partial charge in [-0.05, 0) is 41.5 Å². The van der Waals surface area contributed by atoms with Crippen LogP contribution in [0.4, 0.5) is 10.1 Å². The Morgan fingerprint density at radius 1 is 1.10 bits per heavy atom. The van der Waals surface area contributed by atoms with Gasteiger partial charge in [0.2, 0.25) is 10.7 Å². The van der Waals surface area contributed by atoms with Gasteiger partial charge in [-0.3, -0.25) is 4.79 Å². The molecule has 1 heterocycles. The Labute approximate surface area is 181 Å². The lowest BCUT2D eigenvalue weighted by Gasteiger charge is -2.21. The number of hydrogen-bond donors (Lipinski definition) is 1. The van der Waals surface area contributed by atoms with E-state index >= 15 is 0 Å². The van der Waals surface area contributed by atoms with Crippen molar-refractivity contribution in [2.24, 2.45) is 0 Å². The van der Waals surface area contributed by atoms with Crippen molar-refractivity contribution in [3.05, 3.63) is 105 Å². The minimum atomic E-state index is -1.75. The van der Waals surface area contributed by atoms with Gasteiger partial charge in [0.05, 0.1) is 16.3 Å². The molecule has 1 N–H and O–H groups in total. The van der Waals surface area contributed by atoms with Gasteiger partial charge in [-0.2, -0.15) is 0 Å². The molecule has 0 spiro atoms. The zero-order valence-corrected chi connectivity index (χ0v) is 17.2. The zero-order chi connectivity index (χ0) is 21.1. The summed E-state index contributed by atoms with van der Waals surface area (Å²) in [4.78, 5) is 13.0. The van der Waals surface area contributed by atoms with Gasteiger partial charge < -0.3 is 4.55 Å². The number of allylic oxidation sites excluding steroid dienone is 1. The monoisotopic (exact) mass is 435 g/mol. The molecule has 30 heavy (non-hydrogen) atoms. The Balaban J connectivity index is 1.61. The number of carbonyl (C=O) groups excluding carboxylic acids is 1. The number of rotatable bonds is 2. The molecular weight excluding hydrogens is 421 g/mol. The number of anilines is 1. The van der Waals surface area contributed by atoms with Crippen molar-refractivity contribution < 1.29 is 13.7 Å². The first-order valence-electron chi connectivity index (χ1n) is 9.08. The van der Waals surface area contributed by atoms with Crippen molar-refractivity contribution >= 4 is 40.5 Å². The second-order valence-corrected chi connectivity index (χ2v) is 8.20. The molecular formula is C24H15ClFNO2S. The third kappa shape index (κ3) is 4.42. The fourth-order valence-corrected chi connectivity index (χ4v) is 4.11. The first kappa shape index (κ1) is 20.2. The maximum absolute atomic E-state index is 13.7. The van der Waals surface area contributed by atoms with Gasteiger partial charge in [-0.25, -0.2) is 9.11 Å². The minimum absolute atomic E-state index is 0.0181. The first-order valence-corrected chi connectivity index (χ1v) is 10.6. The SMILES string of the molecule is O=C1/C(=C/c2ccc(Cl)c(F)c2)[S+]([O-])Nc2ccc(C#CCc3ccccc3)cc21. The molecule has 0 amide bonds. The van der Waals surface area contributed by atoms with Crippen LogP contribution in [-0.4, -0.2) is 10.3 Å². The maximum Gasteiger partial charge on any atom is 0.245 e. The van der Waals surface area contributed by atoms with E-state index in [1.807, 2.05) is 30.3 Å². The van der Waals surface area contributed by atoms with E-state index in [4.69, 9.17) is 11.6 Å². The summed E-state index contributed by atoms with van der Waals surface area (Å²) in [6.07, 6.45) is 2.00. The lowest BCUT2D eigenvalue weighted by molar-refractivity contribution is 0.104. The van der Waals surface area contributed by atoms with Gasteiger partial charge in [0.25, 0.3) is 0 Å². The number of halogens is 2. The number of nitrogens with one attached hydrogen (secondary N) is 1. The van der Waals surface area contributed by atoms with Crippen LogP contribution >= 0.6 is 11.6 Å². The number of fused-ring (bicyclic) bond motifs is 1.